The Labute approximate surface area is 199 Å². The molecule has 1 heterocycles. The molecule has 0 spiro atoms. The van der Waals surface area contributed by atoms with E-state index in [1.54, 1.807) is 39.0 Å². The lowest BCUT2D eigenvalue weighted by Crippen LogP contribution is -2.54. The molecule has 1 atom stereocenters. The Kier molecular flexibility index (Phi) is 8.06. The summed E-state index contributed by atoms with van der Waals surface area (Å²) >= 11 is 0. The van der Waals surface area contributed by atoms with Crippen molar-refractivity contribution >= 4 is 27.7 Å². The standard InChI is InChI=1S/C24H30N4O5S/c1-16(2)21(25-23(30)20-9-5-4-8-17(20)3)24(31)27-26-22(29)18-10-12-19(13-11-18)34(32,33)28-14-6-7-15-28/h4-5,8-13,16,21H,6-7,14-15H2,1-3H3,(H,25,30)(H,26,29)(H,27,31)/t21-/m1/s1. The van der Waals surface area contributed by atoms with Crippen molar-refractivity contribution in [1.29, 1.82) is 0 Å². The van der Waals surface area contributed by atoms with Crippen LogP contribution in [-0.4, -0.2) is 49.6 Å². The summed E-state index contributed by atoms with van der Waals surface area (Å²) < 4.78 is 26.7. The fourth-order valence-corrected chi connectivity index (χ4v) is 5.22. The zero-order valence-electron chi connectivity index (χ0n) is 19.5. The number of nitrogens with one attached hydrogen (secondary N) is 3. The highest BCUT2D eigenvalue weighted by molar-refractivity contribution is 7.89. The predicted molar refractivity (Wildman–Crippen MR) is 127 cm³/mol. The Morgan fingerprint density at radius 1 is 0.882 bits per heavy atom. The van der Waals surface area contributed by atoms with Crippen LogP contribution in [0, 0.1) is 12.8 Å². The van der Waals surface area contributed by atoms with Gasteiger partial charge in [-0.05, 0) is 61.6 Å². The number of benzene rings is 2. The monoisotopic (exact) mass is 486 g/mol. The summed E-state index contributed by atoms with van der Waals surface area (Å²) in [5.74, 6) is -1.79. The van der Waals surface area contributed by atoms with Crippen molar-refractivity contribution in [1.82, 2.24) is 20.5 Å². The highest BCUT2D eigenvalue weighted by atomic mass is 32.2. The number of carbonyl (C=O) groups excluding carboxylic acids is 3. The number of rotatable bonds is 7. The maximum Gasteiger partial charge on any atom is 0.269 e. The van der Waals surface area contributed by atoms with Crippen LogP contribution in [0.1, 0.15) is 53.0 Å². The fourth-order valence-electron chi connectivity index (χ4n) is 3.71. The lowest BCUT2D eigenvalue weighted by Gasteiger charge is -2.22. The summed E-state index contributed by atoms with van der Waals surface area (Å²) in [6, 6.07) is 11.7. The Morgan fingerprint density at radius 2 is 1.50 bits per heavy atom. The van der Waals surface area contributed by atoms with Gasteiger partial charge in [-0.3, -0.25) is 25.2 Å². The zero-order chi connectivity index (χ0) is 24.9. The lowest BCUT2D eigenvalue weighted by atomic mass is 10.0. The van der Waals surface area contributed by atoms with Crippen LogP contribution >= 0.6 is 0 Å². The molecular formula is C24H30N4O5S. The van der Waals surface area contributed by atoms with Crippen LogP contribution in [0.5, 0.6) is 0 Å². The number of hydrogen-bond acceptors (Lipinski definition) is 5. The summed E-state index contributed by atoms with van der Waals surface area (Å²) in [6.07, 6.45) is 1.67. The van der Waals surface area contributed by atoms with Crippen molar-refractivity contribution in [2.24, 2.45) is 5.92 Å². The first-order valence-electron chi connectivity index (χ1n) is 11.2. The first kappa shape index (κ1) is 25.4. The molecule has 0 radical (unpaired) electrons. The molecule has 1 saturated heterocycles. The van der Waals surface area contributed by atoms with Gasteiger partial charge < -0.3 is 5.32 Å². The van der Waals surface area contributed by atoms with Crippen molar-refractivity contribution in [2.75, 3.05) is 13.1 Å². The van der Waals surface area contributed by atoms with E-state index in [4.69, 9.17) is 0 Å². The molecule has 34 heavy (non-hydrogen) atoms. The first-order valence-corrected chi connectivity index (χ1v) is 12.6. The molecule has 182 valence electrons. The van der Waals surface area contributed by atoms with Gasteiger partial charge in [0.05, 0.1) is 4.90 Å². The molecule has 1 fully saturated rings. The molecule has 0 aliphatic carbocycles. The zero-order valence-corrected chi connectivity index (χ0v) is 20.3. The van der Waals surface area contributed by atoms with Crippen LogP contribution in [0.3, 0.4) is 0 Å². The molecule has 0 bridgehead atoms. The summed E-state index contributed by atoms with van der Waals surface area (Å²) in [5.41, 5.74) is 6.10. The van der Waals surface area contributed by atoms with Crippen molar-refractivity contribution in [2.45, 2.75) is 44.6 Å². The highest BCUT2D eigenvalue weighted by Gasteiger charge is 2.28. The van der Waals surface area contributed by atoms with Gasteiger partial charge in [-0.15, -0.1) is 0 Å². The van der Waals surface area contributed by atoms with E-state index in [1.165, 1.54) is 28.6 Å². The number of sulfonamides is 1. The molecule has 3 amide bonds. The number of hydrazine groups is 1. The third-order valence-corrected chi connectivity index (χ3v) is 7.66. The van der Waals surface area contributed by atoms with Gasteiger partial charge in [0.2, 0.25) is 10.0 Å². The normalized spacial score (nSPS) is 15.1. The predicted octanol–water partition coefficient (Wildman–Crippen LogP) is 2.00. The SMILES string of the molecule is Cc1ccccc1C(=O)N[C@@H](C(=O)NNC(=O)c1ccc(S(=O)(=O)N2CCCC2)cc1)C(C)C. The fraction of sp³-hybridized carbons (Fsp3) is 0.375. The number of aryl methyl sites for hydroxylation is 1. The second kappa shape index (κ2) is 10.8. The molecule has 2 aromatic rings. The molecular weight excluding hydrogens is 456 g/mol. The maximum atomic E-state index is 12.7. The minimum absolute atomic E-state index is 0.119. The first-order chi connectivity index (χ1) is 16.1. The van der Waals surface area contributed by atoms with Crippen LogP contribution in [0.25, 0.3) is 0 Å². The Balaban J connectivity index is 1.60. The van der Waals surface area contributed by atoms with Gasteiger partial charge in [0.1, 0.15) is 6.04 Å². The molecule has 9 nitrogen and oxygen atoms in total. The van der Waals surface area contributed by atoms with E-state index in [9.17, 15) is 22.8 Å². The van der Waals surface area contributed by atoms with E-state index in [0.29, 0.717) is 18.7 Å². The number of amides is 3. The van der Waals surface area contributed by atoms with E-state index < -0.39 is 27.9 Å². The third kappa shape index (κ3) is 5.81. The molecule has 3 rings (SSSR count). The van der Waals surface area contributed by atoms with Gasteiger partial charge >= 0.3 is 0 Å². The maximum absolute atomic E-state index is 12.7. The molecule has 10 heteroatoms. The van der Waals surface area contributed by atoms with Gasteiger partial charge in [0.25, 0.3) is 17.7 Å². The highest BCUT2D eigenvalue weighted by Crippen LogP contribution is 2.21. The Morgan fingerprint density at radius 3 is 2.09 bits per heavy atom. The minimum atomic E-state index is -3.57. The Hall–Kier alpha value is -3.24. The Bertz CT molecular complexity index is 1160. The summed E-state index contributed by atoms with van der Waals surface area (Å²) in [6.45, 7) is 6.36. The van der Waals surface area contributed by atoms with Crippen LogP contribution < -0.4 is 16.2 Å². The van der Waals surface area contributed by atoms with Gasteiger partial charge in [0, 0.05) is 24.2 Å². The molecule has 1 aliphatic rings. The van der Waals surface area contributed by atoms with Crippen LogP contribution in [-0.2, 0) is 14.8 Å². The van der Waals surface area contributed by atoms with Crippen LogP contribution in [0.4, 0.5) is 0 Å². The summed E-state index contributed by atoms with van der Waals surface area (Å²) in [5, 5.41) is 2.71. The van der Waals surface area contributed by atoms with E-state index in [-0.39, 0.29) is 22.3 Å². The van der Waals surface area contributed by atoms with E-state index in [0.717, 1.165) is 18.4 Å². The molecule has 3 N–H and O–H groups in total. The largest absolute Gasteiger partial charge is 0.340 e. The number of carbonyl (C=O) groups is 3. The third-order valence-electron chi connectivity index (χ3n) is 5.74. The molecule has 2 aromatic carbocycles. The molecule has 0 aromatic heterocycles. The molecule has 1 aliphatic heterocycles. The summed E-state index contributed by atoms with van der Waals surface area (Å²) in [7, 11) is -3.57. The topological polar surface area (TPSA) is 125 Å². The average molecular weight is 487 g/mol. The van der Waals surface area contributed by atoms with E-state index >= 15 is 0 Å². The second-order valence-corrected chi connectivity index (χ2v) is 10.5. The minimum Gasteiger partial charge on any atom is -0.340 e. The lowest BCUT2D eigenvalue weighted by molar-refractivity contribution is -0.124. The van der Waals surface area contributed by atoms with Crippen molar-refractivity contribution in [3.63, 3.8) is 0 Å². The number of nitrogens with zero attached hydrogens (tertiary/aromatic N) is 1. The molecule has 0 saturated carbocycles. The van der Waals surface area contributed by atoms with E-state index in [1.807, 2.05) is 6.07 Å². The van der Waals surface area contributed by atoms with Gasteiger partial charge in [-0.2, -0.15) is 4.31 Å². The van der Waals surface area contributed by atoms with Crippen LogP contribution in [0.15, 0.2) is 53.4 Å². The second-order valence-electron chi connectivity index (χ2n) is 8.59. The quantitative estimate of drug-likeness (QED) is 0.516. The smallest absolute Gasteiger partial charge is 0.269 e. The van der Waals surface area contributed by atoms with Crippen LogP contribution in [0.2, 0.25) is 0 Å². The molecule has 0 unspecified atom stereocenters. The van der Waals surface area contributed by atoms with Gasteiger partial charge in [-0.1, -0.05) is 32.0 Å². The average Bonchev–Trinajstić information content (AvgIpc) is 3.37. The number of hydrogen-bond donors (Lipinski definition) is 3. The van der Waals surface area contributed by atoms with Crippen molar-refractivity contribution in [3.8, 4) is 0 Å². The van der Waals surface area contributed by atoms with E-state index in [2.05, 4.69) is 16.2 Å². The summed E-state index contributed by atoms with van der Waals surface area (Å²) in [4.78, 5) is 37.9. The van der Waals surface area contributed by atoms with Gasteiger partial charge in [-0.25, -0.2) is 8.42 Å². The van der Waals surface area contributed by atoms with Gasteiger partial charge in [0.15, 0.2) is 0 Å². The van der Waals surface area contributed by atoms with Crippen molar-refractivity contribution < 1.29 is 22.8 Å². The van der Waals surface area contributed by atoms with Crippen molar-refractivity contribution in [3.05, 3.63) is 65.2 Å².